The van der Waals surface area contributed by atoms with Crippen molar-refractivity contribution in [1.82, 2.24) is 20.0 Å². The fourth-order valence-corrected chi connectivity index (χ4v) is 3.89. The first-order valence-corrected chi connectivity index (χ1v) is 10.3. The van der Waals surface area contributed by atoms with E-state index in [4.69, 9.17) is 20.0 Å². The average molecular weight is 410 g/mol. The molecule has 3 heterocycles. The largest absolute Gasteiger partial charge is 0.379 e. The first-order valence-electron chi connectivity index (χ1n) is 10.3. The highest BCUT2D eigenvalue weighted by molar-refractivity contribution is 5.92. The summed E-state index contributed by atoms with van der Waals surface area (Å²) in [7, 11) is 0. The number of H-pyrrole nitrogens is 1. The molecule has 1 aliphatic heterocycles. The molecule has 0 aliphatic carbocycles. The van der Waals surface area contributed by atoms with E-state index in [2.05, 4.69) is 33.2 Å². The number of morpholine rings is 1. The van der Waals surface area contributed by atoms with Gasteiger partial charge in [-0.3, -0.25) is 0 Å². The summed E-state index contributed by atoms with van der Waals surface area (Å²) < 4.78 is 5.57. The number of nitrogens with zero attached hydrogens (tertiary/aromatic N) is 5. The van der Waals surface area contributed by atoms with E-state index < -0.39 is 0 Å². The molecule has 7 heteroatoms. The Labute approximate surface area is 180 Å². The highest BCUT2D eigenvalue weighted by Gasteiger charge is 2.24. The number of hydrazine groups is 1. The van der Waals surface area contributed by atoms with Gasteiger partial charge in [-0.25, -0.2) is 15.0 Å². The number of nitrogens with one attached hydrogen (secondary N) is 1. The molecule has 31 heavy (non-hydrogen) atoms. The first kappa shape index (κ1) is 19.2. The molecule has 0 unspecified atom stereocenters. The van der Waals surface area contributed by atoms with Crippen LogP contribution in [0.1, 0.15) is 5.56 Å². The second-order valence-electron chi connectivity index (χ2n) is 7.36. The van der Waals surface area contributed by atoms with Crippen LogP contribution < -0.4 is 5.01 Å². The monoisotopic (exact) mass is 410 g/mol. The van der Waals surface area contributed by atoms with Gasteiger partial charge in [0.15, 0.2) is 0 Å². The number of rotatable bonds is 5. The number of hydrogen-bond donors (Lipinski definition) is 1. The third kappa shape index (κ3) is 3.87. The maximum atomic E-state index is 9.10. The number of hydrogen-bond acceptors (Lipinski definition) is 6. The summed E-state index contributed by atoms with van der Waals surface area (Å²) in [5, 5.41) is 14.4. The van der Waals surface area contributed by atoms with Crippen LogP contribution in [0.2, 0.25) is 0 Å². The fourth-order valence-electron chi connectivity index (χ4n) is 3.89. The maximum Gasteiger partial charge on any atom is 0.247 e. The minimum absolute atomic E-state index is 0.367. The molecule has 4 aromatic rings. The smallest absolute Gasteiger partial charge is 0.247 e. The quantitative estimate of drug-likeness (QED) is 0.534. The molecular weight excluding hydrogens is 388 g/mol. The van der Waals surface area contributed by atoms with Crippen LogP contribution in [0.5, 0.6) is 0 Å². The topological polar surface area (TPSA) is 81.1 Å². The number of fused-ring (bicyclic) bond motifs is 1. The Kier molecular flexibility index (Phi) is 5.31. The van der Waals surface area contributed by atoms with E-state index in [0.717, 1.165) is 46.6 Å². The Morgan fingerprint density at radius 1 is 1.03 bits per heavy atom. The van der Waals surface area contributed by atoms with Crippen molar-refractivity contribution in [3.05, 3.63) is 72.4 Å². The molecule has 5 rings (SSSR count). The molecule has 154 valence electrons. The molecule has 7 nitrogen and oxygen atoms in total. The van der Waals surface area contributed by atoms with Gasteiger partial charge in [-0.15, -0.1) is 0 Å². The lowest BCUT2D eigenvalue weighted by atomic mass is 10.0. The standard InChI is InChI=1S/C24H22N6O/c25-11-9-18-5-4-6-19(17-18)22-21-10-12-26-23(21)28-24(27-22)30(20-7-2-1-3-8-20)29-13-15-31-16-14-29/h1-8,10,12,17H,9,13-16H2,(H,26,27,28). The van der Waals surface area contributed by atoms with Gasteiger partial charge in [0, 0.05) is 30.2 Å². The van der Waals surface area contributed by atoms with Gasteiger partial charge in [-0.1, -0.05) is 36.4 Å². The summed E-state index contributed by atoms with van der Waals surface area (Å²) in [6.07, 6.45) is 2.25. The molecule has 1 fully saturated rings. The average Bonchev–Trinajstić information content (AvgIpc) is 3.29. The lowest BCUT2D eigenvalue weighted by molar-refractivity contribution is 0.0372. The van der Waals surface area contributed by atoms with E-state index in [9.17, 15) is 0 Å². The van der Waals surface area contributed by atoms with Gasteiger partial charge < -0.3 is 9.72 Å². The summed E-state index contributed by atoms with van der Waals surface area (Å²) >= 11 is 0. The second kappa shape index (κ2) is 8.56. The van der Waals surface area contributed by atoms with Crippen molar-refractivity contribution < 1.29 is 4.74 Å². The van der Waals surface area contributed by atoms with E-state index in [-0.39, 0.29) is 0 Å². The zero-order chi connectivity index (χ0) is 21.0. The highest BCUT2D eigenvalue weighted by Crippen LogP contribution is 2.32. The molecule has 0 bridgehead atoms. The minimum atomic E-state index is 0.367. The summed E-state index contributed by atoms with van der Waals surface area (Å²) in [5.41, 5.74) is 4.56. The van der Waals surface area contributed by atoms with E-state index in [1.54, 1.807) is 0 Å². The van der Waals surface area contributed by atoms with Crippen LogP contribution in [0, 0.1) is 11.3 Å². The van der Waals surface area contributed by atoms with Crippen LogP contribution in [0.15, 0.2) is 66.9 Å². The predicted octanol–water partition coefficient (Wildman–Crippen LogP) is 4.08. The van der Waals surface area contributed by atoms with E-state index >= 15 is 0 Å². The number of ether oxygens (including phenoxy) is 1. The van der Waals surface area contributed by atoms with Gasteiger partial charge in [0.2, 0.25) is 5.95 Å². The first-order chi connectivity index (χ1) is 15.3. The summed E-state index contributed by atoms with van der Waals surface area (Å²) in [5.74, 6) is 0.601. The Morgan fingerprint density at radius 2 is 1.87 bits per heavy atom. The molecule has 0 saturated carbocycles. The number of aromatic amines is 1. The molecule has 1 saturated heterocycles. The predicted molar refractivity (Wildman–Crippen MR) is 120 cm³/mol. The summed E-state index contributed by atoms with van der Waals surface area (Å²) in [6.45, 7) is 2.84. The number of aromatic nitrogens is 3. The van der Waals surface area contributed by atoms with Crippen LogP contribution >= 0.6 is 0 Å². The van der Waals surface area contributed by atoms with Gasteiger partial charge in [0.25, 0.3) is 0 Å². The van der Waals surface area contributed by atoms with Crippen LogP contribution in [0.25, 0.3) is 22.3 Å². The SMILES string of the molecule is N#CCc1cccc(-c2nc(N(c3ccccc3)N3CCOCC3)nc3[nH]ccc23)c1. The van der Waals surface area contributed by atoms with Crippen molar-refractivity contribution in [1.29, 1.82) is 5.26 Å². The number of benzene rings is 2. The third-order valence-corrected chi connectivity index (χ3v) is 5.35. The fraction of sp³-hybridized carbons (Fsp3) is 0.208. The van der Waals surface area contributed by atoms with Crippen LogP contribution in [0.4, 0.5) is 11.6 Å². The third-order valence-electron chi connectivity index (χ3n) is 5.35. The molecule has 1 aliphatic rings. The Hall–Kier alpha value is -3.73. The molecule has 0 radical (unpaired) electrons. The van der Waals surface area contributed by atoms with Gasteiger partial charge in [0.1, 0.15) is 5.65 Å². The van der Waals surface area contributed by atoms with Crippen molar-refractivity contribution in [2.24, 2.45) is 0 Å². The molecule has 2 aromatic carbocycles. The van der Waals surface area contributed by atoms with Gasteiger partial charge in [-0.2, -0.15) is 10.2 Å². The van der Waals surface area contributed by atoms with Crippen LogP contribution in [0.3, 0.4) is 0 Å². The Morgan fingerprint density at radius 3 is 2.68 bits per heavy atom. The van der Waals surface area contributed by atoms with Crippen LogP contribution in [-0.2, 0) is 11.2 Å². The molecule has 1 N–H and O–H groups in total. The van der Waals surface area contributed by atoms with Crippen LogP contribution in [-0.4, -0.2) is 46.3 Å². The number of para-hydroxylation sites is 1. The second-order valence-corrected chi connectivity index (χ2v) is 7.36. The molecular formula is C24H22N6O. The van der Waals surface area contributed by atoms with Gasteiger partial charge >= 0.3 is 0 Å². The van der Waals surface area contributed by atoms with E-state index in [1.165, 1.54) is 0 Å². The number of nitriles is 1. The van der Waals surface area contributed by atoms with Crippen molar-refractivity contribution in [3.8, 4) is 17.3 Å². The zero-order valence-electron chi connectivity index (χ0n) is 17.0. The Bertz CT molecular complexity index is 1220. The molecule has 0 atom stereocenters. The Balaban J connectivity index is 1.67. The summed E-state index contributed by atoms with van der Waals surface area (Å²) in [6, 6.07) is 22.4. The van der Waals surface area contributed by atoms with E-state index in [0.29, 0.717) is 25.6 Å². The van der Waals surface area contributed by atoms with Crippen molar-refractivity contribution in [3.63, 3.8) is 0 Å². The normalized spacial score (nSPS) is 14.4. The van der Waals surface area contributed by atoms with Gasteiger partial charge in [-0.05, 0) is 29.8 Å². The summed E-state index contributed by atoms with van der Waals surface area (Å²) in [4.78, 5) is 13.1. The number of anilines is 2. The van der Waals surface area contributed by atoms with Crippen molar-refractivity contribution in [2.45, 2.75) is 6.42 Å². The maximum absolute atomic E-state index is 9.10. The highest BCUT2D eigenvalue weighted by atomic mass is 16.5. The molecule has 2 aromatic heterocycles. The lowest BCUT2D eigenvalue weighted by Crippen LogP contribution is -2.47. The van der Waals surface area contributed by atoms with Gasteiger partial charge in [0.05, 0.1) is 37.1 Å². The van der Waals surface area contributed by atoms with E-state index in [1.807, 2.05) is 54.7 Å². The lowest BCUT2D eigenvalue weighted by Gasteiger charge is -2.37. The molecule has 0 spiro atoms. The van der Waals surface area contributed by atoms with Crippen molar-refractivity contribution >= 4 is 22.7 Å². The molecule has 0 amide bonds. The van der Waals surface area contributed by atoms with Crippen molar-refractivity contribution in [2.75, 3.05) is 31.3 Å². The minimum Gasteiger partial charge on any atom is -0.379 e. The zero-order valence-corrected chi connectivity index (χ0v) is 17.0.